The zero-order valence-electron chi connectivity index (χ0n) is 11.3. The molecule has 100 valence electrons. The van der Waals surface area contributed by atoms with E-state index in [1.807, 2.05) is 13.0 Å². The van der Waals surface area contributed by atoms with Gasteiger partial charge in [-0.1, -0.05) is 29.8 Å². The third-order valence-corrected chi connectivity index (χ3v) is 3.72. The van der Waals surface area contributed by atoms with Gasteiger partial charge in [0.05, 0.1) is 18.2 Å². The van der Waals surface area contributed by atoms with Crippen LogP contribution >= 0.6 is 0 Å². The Morgan fingerprint density at radius 1 is 1.50 bits per heavy atom. The zero-order valence-corrected chi connectivity index (χ0v) is 11.3. The van der Waals surface area contributed by atoms with Crippen molar-refractivity contribution in [1.82, 2.24) is 5.32 Å². The molecule has 0 saturated carbocycles. The van der Waals surface area contributed by atoms with Crippen LogP contribution in [0.2, 0.25) is 0 Å². The summed E-state index contributed by atoms with van der Waals surface area (Å²) in [4.78, 5) is 0. The molecule has 0 spiro atoms. The van der Waals surface area contributed by atoms with Crippen molar-refractivity contribution >= 4 is 0 Å². The summed E-state index contributed by atoms with van der Waals surface area (Å²) in [5.41, 5.74) is 1.95. The van der Waals surface area contributed by atoms with Crippen LogP contribution in [0.3, 0.4) is 0 Å². The van der Waals surface area contributed by atoms with Crippen LogP contribution in [0.15, 0.2) is 24.3 Å². The Bertz CT molecular complexity index is 388. The molecule has 18 heavy (non-hydrogen) atoms. The first-order valence-corrected chi connectivity index (χ1v) is 6.69. The fourth-order valence-corrected chi connectivity index (χ4v) is 2.38. The first-order chi connectivity index (χ1) is 8.64. The van der Waals surface area contributed by atoms with E-state index in [0.29, 0.717) is 6.10 Å². The fraction of sp³-hybridized carbons (Fsp3) is 0.600. The van der Waals surface area contributed by atoms with Crippen LogP contribution in [0, 0.1) is 6.92 Å². The molecular weight excluding hydrogens is 226 g/mol. The van der Waals surface area contributed by atoms with Gasteiger partial charge in [0.1, 0.15) is 0 Å². The predicted octanol–water partition coefficient (Wildman–Crippen LogP) is 1.97. The number of aryl methyl sites for hydroxylation is 1. The van der Waals surface area contributed by atoms with Gasteiger partial charge in [0.25, 0.3) is 0 Å². The van der Waals surface area contributed by atoms with E-state index in [4.69, 9.17) is 4.74 Å². The van der Waals surface area contributed by atoms with Gasteiger partial charge in [-0.15, -0.1) is 0 Å². The number of hydrogen-bond donors (Lipinski definition) is 2. The summed E-state index contributed by atoms with van der Waals surface area (Å²) >= 11 is 0. The van der Waals surface area contributed by atoms with Crippen molar-refractivity contribution in [3.05, 3.63) is 35.4 Å². The van der Waals surface area contributed by atoms with Gasteiger partial charge in [-0.3, -0.25) is 0 Å². The predicted molar refractivity (Wildman–Crippen MR) is 72.6 cm³/mol. The number of hydrogen-bond acceptors (Lipinski definition) is 3. The maximum atomic E-state index is 9.70. The monoisotopic (exact) mass is 249 g/mol. The molecule has 2 rings (SSSR count). The van der Waals surface area contributed by atoms with E-state index in [1.165, 1.54) is 5.56 Å². The maximum Gasteiger partial charge on any atom is 0.0700 e. The minimum atomic E-state index is -0.391. The first kappa shape index (κ1) is 13.5. The lowest BCUT2D eigenvalue weighted by atomic mass is 9.91. The van der Waals surface area contributed by atoms with Crippen LogP contribution in [0.4, 0.5) is 0 Å². The standard InChI is InChI=1S/C15H23NO2/c1-12-5-3-6-13(9-12)15(2,11-17)16-10-14-7-4-8-18-14/h3,5-6,9,14,16-17H,4,7-8,10-11H2,1-2H3. The number of rotatable bonds is 5. The molecular formula is C15H23NO2. The van der Waals surface area contributed by atoms with Gasteiger partial charge >= 0.3 is 0 Å². The van der Waals surface area contributed by atoms with E-state index in [9.17, 15) is 5.11 Å². The van der Waals surface area contributed by atoms with Crippen LogP contribution < -0.4 is 5.32 Å². The highest BCUT2D eigenvalue weighted by Crippen LogP contribution is 2.22. The average molecular weight is 249 g/mol. The van der Waals surface area contributed by atoms with Crippen molar-refractivity contribution in [3.8, 4) is 0 Å². The van der Waals surface area contributed by atoms with Gasteiger partial charge in [0, 0.05) is 13.2 Å². The Kier molecular flexibility index (Phi) is 4.38. The molecule has 1 aromatic rings. The molecule has 1 aliphatic rings. The van der Waals surface area contributed by atoms with Crippen molar-refractivity contribution in [1.29, 1.82) is 0 Å². The van der Waals surface area contributed by atoms with Crippen molar-refractivity contribution in [3.63, 3.8) is 0 Å². The van der Waals surface area contributed by atoms with Crippen LogP contribution in [0.25, 0.3) is 0 Å². The quantitative estimate of drug-likeness (QED) is 0.838. The zero-order chi connectivity index (χ0) is 13.0. The van der Waals surface area contributed by atoms with Crippen molar-refractivity contribution in [2.24, 2.45) is 0 Å². The topological polar surface area (TPSA) is 41.5 Å². The molecule has 1 heterocycles. The molecule has 2 unspecified atom stereocenters. The summed E-state index contributed by atoms with van der Waals surface area (Å²) in [7, 11) is 0. The number of benzene rings is 1. The molecule has 2 N–H and O–H groups in total. The lowest BCUT2D eigenvalue weighted by Crippen LogP contribution is -2.46. The number of nitrogens with one attached hydrogen (secondary N) is 1. The molecule has 0 aliphatic carbocycles. The normalized spacial score (nSPS) is 22.9. The van der Waals surface area contributed by atoms with E-state index in [2.05, 4.69) is 30.4 Å². The molecule has 3 nitrogen and oxygen atoms in total. The lowest BCUT2D eigenvalue weighted by Gasteiger charge is -2.31. The summed E-state index contributed by atoms with van der Waals surface area (Å²) in [6, 6.07) is 8.29. The van der Waals surface area contributed by atoms with E-state index < -0.39 is 5.54 Å². The largest absolute Gasteiger partial charge is 0.394 e. The fourth-order valence-electron chi connectivity index (χ4n) is 2.38. The molecule has 1 aromatic carbocycles. The second kappa shape index (κ2) is 5.83. The van der Waals surface area contributed by atoms with Crippen LogP contribution in [-0.4, -0.2) is 31.0 Å². The van der Waals surface area contributed by atoms with Crippen molar-refractivity contribution < 1.29 is 9.84 Å². The number of ether oxygens (including phenoxy) is 1. The van der Waals surface area contributed by atoms with E-state index in [1.54, 1.807) is 0 Å². The molecule has 3 heteroatoms. The van der Waals surface area contributed by atoms with Crippen LogP contribution in [0.1, 0.15) is 30.9 Å². The Hall–Kier alpha value is -0.900. The van der Waals surface area contributed by atoms with Crippen LogP contribution in [-0.2, 0) is 10.3 Å². The van der Waals surface area contributed by atoms with E-state index in [0.717, 1.165) is 31.6 Å². The highest BCUT2D eigenvalue weighted by molar-refractivity contribution is 5.28. The van der Waals surface area contributed by atoms with E-state index in [-0.39, 0.29) is 6.61 Å². The van der Waals surface area contributed by atoms with Gasteiger partial charge in [-0.25, -0.2) is 0 Å². The van der Waals surface area contributed by atoms with Gasteiger partial charge in [-0.05, 0) is 32.3 Å². The molecule has 1 aliphatic heterocycles. The average Bonchev–Trinajstić information content (AvgIpc) is 2.89. The van der Waals surface area contributed by atoms with Gasteiger partial charge in [-0.2, -0.15) is 0 Å². The molecule has 0 amide bonds. The van der Waals surface area contributed by atoms with Gasteiger partial charge in [0.2, 0.25) is 0 Å². The molecule has 0 aromatic heterocycles. The van der Waals surface area contributed by atoms with Crippen molar-refractivity contribution in [2.45, 2.75) is 38.3 Å². The Morgan fingerprint density at radius 3 is 2.94 bits per heavy atom. The minimum Gasteiger partial charge on any atom is -0.394 e. The summed E-state index contributed by atoms with van der Waals surface area (Å²) < 4.78 is 5.61. The lowest BCUT2D eigenvalue weighted by molar-refractivity contribution is 0.0910. The third kappa shape index (κ3) is 3.10. The second-order valence-electron chi connectivity index (χ2n) is 5.38. The Balaban J connectivity index is 2.04. The highest BCUT2D eigenvalue weighted by atomic mass is 16.5. The maximum absolute atomic E-state index is 9.70. The summed E-state index contributed by atoms with van der Waals surface area (Å²) in [6.45, 7) is 5.86. The molecule has 0 bridgehead atoms. The second-order valence-corrected chi connectivity index (χ2v) is 5.38. The molecule has 0 radical (unpaired) electrons. The van der Waals surface area contributed by atoms with Gasteiger partial charge < -0.3 is 15.2 Å². The number of aliphatic hydroxyl groups excluding tert-OH is 1. The van der Waals surface area contributed by atoms with Crippen molar-refractivity contribution in [2.75, 3.05) is 19.8 Å². The Morgan fingerprint density at radius 2 is 2.33 bits per heavy atom. The SMILES string of the molecule is Cc1cccc(C(C)(CO)NCC2CCCO2)c1. The smallest absolute Gasteiger partial charge is 0.0700 e. The molecule has 1 saturated heterocycles. The summed E-state index contributed by atoms with van der Waals surface area (Å²) in [5.74, 6) is 0. The van der Waals surface area contributed by atoms with E-state index >= 15 is 0 Å². The van der Waals surface area contributed by atoms with Crippen LogP contribution in [0.5, 0.6) is 0 Å². The minimum absolute atomic E-state index is 0.0865. The third-order valence-electron chi connectivity index (χ3n) is 3.72. The summed E-state index contributed by atoms with van der Waals surface area (Å²) in [6.07, 6.45) is 2.55. The summed E-state index contributed by atoms with van der Waals surface area (Å²) in [5, 5.41) is 13.2. The highest BCUT2D eigenvalue weighted by Gasteiger charge is 2.27. The molecule has 1 fully saturated rings. The van der Waals surface area contributed by atoms with Gasteiger partial charge in [0.15, 0.2) is 0 Å². The first-order valence-electron chi connectivity index (χ1n) is 6.69. The number of aliphatic hydroxyl groups is 1. The Labute approximate surface area is 109 Å². The molecule has 2 atom stereocenters.